The van der Waals surface area contributed by atoms with E-state index in [1.165, 1.54) is 0 Å². The molecule has 1 fully saturated rings. The SMILES string of the molecule is CN(C)[C@@H]1CCC[C@@H]1OC(=O)C(c1ccccc1)c1ccccc1. The Morgan fingerprint density at radius 3 is 2.00 bits per heavy atom. The van der Waals surface area contributed by atoms with Crippen molar-refractivity contribution in [3.05, 3.63) is 71.8 Å². The first-order valence-corrected chi connectivity index (χ1v) is 8.63. The summed E-state index contributed by atoms with van der Waals surface area (Å²) in [5.74, 6) is -0.512. The van der Waals surface area contributed by atoms with E-state index in [0.717, 1.165) is 30.4 Å². The normalized spacial score (nSPS) is 20.5. The second-order valence-electron chi connectivity index (χ2n) is 6.69. The smallest absolute Gasteiger partial charge is 0.318 e. The van der Waals surface area contributed by atoms with Gasteiger partial charge in [0.1, 0.15) is 12.0 Å². The summed E-state index contributed by atoms with van der Waals surface area (Å²) in [5.41, 5.74) is 1.96. The van der Waals surface area contributed by atoms with Crippen LogP contribution in [0.2, 0.25) is 0 Å². The van der Waals surface area contributed by atoms with Crippen molar-refractivity contribution < 1.29 is 9.53 Å². The quantitative estimate of drug-likeness (QED) is 0.783. The van der Waals surface area contributed by atoms with Crippen LogP contribution in [-0.2, 0) is 9.53 Å². The number of esters is 1. The van der Waals surface area contributed by atoms with E-state index < -0.39 is 0 Å². The Morgan fingerprint density at radius 1 is 0.958 bits per heavy atom. The molecule has 3 nitrogen and oxygen atoms in total. The summed E-state index contributed by atoms with van der Waals surface area (Å²) >= 11 is 0. The third kappa shape index (κ3) is 3.68. The summed E-state index contributed by atoms with van der Waals surface area (Å²) in [4.78, 5) is 15.2. The summed E-state index contributed by atoms with van der Waals surface area (Å²) in [7, 11) is 4.12. The fraction of sp³-hybridized carbons (Fsp3) is 0.381. The molecule has 1 aliphatic rings. The van der Waals surface area contributed by atoms with Gasteiger partial charge < -0.3 is 9.64 Å². The van der Waals surface area contributed by atoms with Crippen molar-refractivity contribution in [2.75, 3.05) is 14.1 Å². The minimum absolute atomic E-state index is 0.0116. The predicted octanol–water partition coefficient (Wildman–Crippen LogP) is 3.84. The maximum Gasteiger partial charge on any atom is 0.318 e. The summed E-state index contributed by atoms with van der Waals surface area (Å²) in [5, 5.41) is 0. The van der Waals surface area contributed by atoms with E-state index in [4.69, 9.17) is 4.74 Å². The minimum Gasteiger partial charge on any atom is -0.460 e. The maximum absolute atomic E-state index is 13.0. The van der Waals surface area contributed by atoms with E-state index in [2.05, 4.69) is 19.0 Å². The van der Waals surface area contributed by atoms with Crippen LogP contribution in [0.3, 0.4) is 0 Å². The second kappa shape index (κ2) is 7.63. The zero-order valence-corrected chi connectivity index (χ0v) is 14.4. The van der Waals surface area contributed by atoms with Gasteiger partial charge in [0.25, 0.3) is 0 Å². The number of carbonyl (C=O) groups excluding carboxylic acids is 1. The van der Waals surface area contributed by atoms with E-state index in [-0.39, 0.29) is 18.0 Å². The first kappa shape index (κ1) is 16.7. The predicted molar refractivity (Wildman–Crippen MR) is 95.9 cm³/mol. The molecule has 1 saturated carbocycles. The van der Waals surface area contributed by atoms with Crippen LogP contribution in [0.1, 0.15) is 36.3 Å². The molecular weight excluding hydrogens is 298 g/mol. The van der Waals surface area contributed by atoms with Crippen molar-refractivity contribution in [2.45, 2.75) is 37.3 Å². The molecule has 24 heavy (non-hydrogen) atoms. The molecule has 0 spiro atoms. The van der Waals surface area contributed by atoms with Crippen LogP contribution in [0.4, 0.5) is 0 Å². The van der Waals surface area contributed by atoms with Crippen molar-refractivity contribution in [1.82, 2.24) is 4.90 Å². The zero-order chi connectivity index (χ0) is 16.9. The Balaban J connectivity index is 1.85. The van der Waals surface area contributed by atoms with Gasteiger partial charge in [0, 0.05) is 6.04 Å². The first-order valence-electron chi connectivity index (χ1n) is 8.63. The highest BCUT2D eigenvalue weighted by atomic mass is 16.5. The standard InChI is InChI=1S/C21H25NO2/c1-22(2)18-14-9-15-19(18)24-21(23)20(16-10-5-3-6-11-16)17-12-7-4-8-13-17/h3-8,10-13,18-20H,9,14-15H2,1-2H3/t18-,19+/m1/s1. The maximum atomic E-state index is 13.0. The average Bonchev–Trinajstić information content (AvgIpc) is 3.05. The fourth-order valence-electron chi connectivity index (χ4n) is 3.61. The van der Waals surface area contributed by atoms with E-state index in [9.17, 15) is 4.79 Å². The minimum atomic E-state index is -0.365. The van der Waals surface area contributed by atoms with Gasteiger partial charge in [-0.15, -0.1) is 0 Å². The lowest BCUT2D eigenvalue weighted by Gasteiger charge is -2.27. The molecule has 0 amide bonds. The molecule has 0 aromatic heterocycles. The molecule has 3 rings (SSSR count). The van der Waals surface area contributed by atoms with E-state index in [0.29, 0.717) is 6.04 Å². The molecule has 0 saturated heterocycles. The molecule has 0 aliphatic heterocycles. The van der Waals surface area contributed by atoms with Crippen molar-refractivity contribution in [1.29, 1.82) is 0 Å². The lowest BCUT2D eigenvalue weighted by molar-refractivity contribution is -0.151. The van der Waals surface area contributed by atoms with Crippen molar-refractivity contribution in [3.63, 3.8) is 0 Å². The largest absolute Gasteiger partial charge is 0.460 e. The number of likely N-dealkylation sites (N-methyl/N-ethyl adjacent to an activating group) is 1. The Kier molecular flexibility index (Phi) is 5.31. The van der Waals surface area contributed by atoms with Crippen LogP contribution in [0.5, 0.6) is 0 Å². The van der Waals surface area contributed by atoms with Gasteiger partial charge in [-0.25, -0.2) is 0 Å². The van der Waals surface area contributed by atoms with Crippen molar-refractivity contribution in [3.8, 4) is 0 Å². The zero-order valence-electron chi connectivity index (χ0n) is 14.4. The molecule has 0 unspecified atom stereocenters. The van der Waals surface area contributed by atoms with Gasteiger partial charge in [-0.2, -0.15) is 0 Å². The van der Waals surface area contributed by atoms with E-state index >= 15 is 0 Å². The molecule has 0 bridgehead atoms. The fourth-order valence-corrected chi connectivity index (χ4v) is 3.61. The molecule has 2 atom stereocenters. The molecule has 0 heterocycles. The highest BCUT2D eigenvalue weighted by molar-refractivity contribution is 5.82. The number of hydrogen-bond donors (Lipinski definition) is 0. The summed E-state index contributed by atoms with van der Waals surface area (Å²) < 4.78 is 5.98. The number of hydrogen-bond acceptors (Lipinski definition) is 3. The Morgan fingerprint density at radius 2 is 1.50 bits per heavy atom. The lowest BCUT2D eigenvalue weighted by Crippen LogP contribution is -2.38. The van der Waals surface area contributed by atoms with Crippen molar-refractivity contribution >= 4 is 5.97 Å². The highest BCUT2D eigenvalue weighted by Crippen LogP contribution is 2.30. The second-order valence-corrected chi connectivity index (χ2v) is 6.69. The van der Waals surface area contributed by atoms with E-state index in [1.54, 1.807) is 0 Å². The summed E-state index contributed by atoms with van der Waals surface area (Å²) in [6.45, 7) is 0. The monoisotopic (exact) mass is 323 g/mol. The summed E-state index contributed by atoms with van der Waals surface area (Å²) in [6.07, 6.45) is 3.14. The van der Waals surface area contributed by atoms with Crippen LogP contribution >= 0.6 is 0 Å². The number of rotatable bonds is 5. The molecule has 0 radical (unpaired) electrons. The van der Waals surface area contributed by atoms with Crippen LogP contribution in [0, 0.1) is 0 Å². The van der Waals surface area contributed by atoms with Gasteiger partial charge in [0.05, 0.1) is 0 Å². The highest BCUT2D eigenvalue weighted by Gasteiger charge is 2.34. The molecule has 2 aromatic rings. The molecular formula is C21H25NO2. The molecule has 0 N–H and O–H groups in total. The molecule has 2 aromatic carbocycles. The van der Waals surface area contributed by atoms with Crippen LogP contribution < -0.4 is 0 Å². The average molecular weight is 323 g/mol. The third-order valence-electron chi connectivity index (χ3n) is 4.85. The van der Waals surface area contributed by atoms with Crippen LogP contribution in [-0.4, -0.2) is 37.1 Å². The number of carbonyl (C=O) groups is 1. The Hall–Kier alpha value is -2.13. The number of nitrogens with zero attached hydrogens (tertiary/aromatic N) is 1. The van der Waals surface area contributed by atoms with Gasteiger partial charge in [-0.05, 0) is 44.5 Å². The van der Waals surface area contributed by atoms with Crippen molar-refractivity contribution in [2.24, 2.45) is 0 Å². The lowest BCUT2D eigenvalue weighted by atomic mass is 9.91. The first-order chi connectivity index (χ1) is 11.7. The number of benzene rings is 2. The van der Waals surface area contributed by atoms with Crippen LogP contribution in [0.25, 0.3) is 0 Å². The topological polar surface area (TPSA) is 29.5 Å². The third-order valence-corrected chi connectivity index (χ3v) is 4.85. The molecule has 3 heteroatoms. The van der Waals surface area contributed by atoms with Gasteiger partial charge in [-0.1, -0.05) is 60.7 Å². The van der Waals surface area contributed by atoms with Gasteiger partial charge in [0.2, 0.25) is 0 Å². The van der Waals surface area contributed by atoms with Gasteiger partial charge in [-0.3, -0.25) is 4.79 Å². The Labute approximate surface area is 144 Å². The summed E-state index contributed by atoms with van der Waals surface area (Å²) in [6, 6.07) is 20.1. The Bertz CT molecular complexity index is 615. The number of ether oxygens (including phenoxy) is 1. The van der Waals surface area contributed by atoms with E-state index in [1.807, 2.05) is 60.7 Å². The van der Waals surface area contributed by atoms with Gasteiger partial charge in [0.15, 0.2) is 0 Å². The molecule has 126 valence electrons. The van der Waals surface area contributed by atoms with Gasteiger partial charge >= 0.3 is 5.97 Å². The molecule has 1 aliphatic carbocycles. The van der Waals surface area contributed by atoms with Crippen LogP contribution in [0.15, 0.2) is 60.7 Å².